The molecule has 124 valence electrons. The standard InChI is InChI=1S/C19H19FN2O2/c1-13-3-2-4-16(11-13)22-18(24)17(23)21-12-19(9-10-19)14-5-7-15(20)8-6-14/h2-8,11H,9-10,12H2,1H3,(H,21,23)(H,22,24). The van der Waals surface area contributed by atoms with Gasteiger partial charge in [-0.15, -0.1) is 0 Å². The summed E-state index contributed by atoms with van der Waals surface area (Å²) in [5.41, 5.74) is 2.41. The van der Waals surface area contributed by atoms with Crippen molar-refractivity contribution in [2.24, 2.45) is 0 Å². The van der Waals surface area contributed by atoms with Crippen LogP contribution < -0.4 is 10.6 Å². The molecule has 0 unspecified atom stereocenters. The van der Waals surface area contributed by atoms with Crippen LogP contribution in [0.25, 0.3) is 0 Å². The molecule has 0 aromatic heterocycles. The molecule has 2 aromatic rings. The van der Waals surface area contributed by atoms with Crippen LogP contribution in [0.5, 0.6) is 0 Å². The average Bonchev–Trinajstić information content (AvgIpc) is 3.34. The molecule has 2 N–H and O–H groups in total. The molecule has 1 aliphatic rings. The summed E-state index contributed by atoms with van der Waals surface area (Å²) >= 11 is 0. The van der Waals surface area contributed by atoms with Gasteiger partial charge in [-0.2, -0.15) is 0 Å². The molecule has 0 heterocycles. The lowest BCUT2D eigenvalue weighted by molar-refractivity contribution is -0.136. The van der Waals surface area contributed by atoms with E-state index in [4.69, 9.17) is 0 Å². The fraction of sp³-hybridized carbons (Fsp3) is 0.263. The number of benzene rings is 2. The van der Waals surface area contributed by atoms with E-state index in [1.807, 2.05) is 19.1 Å². The minimum absolute atomic E-state index is 0.174. The van der Waals surface area contributed by atoms with E-state index in [-0.39, 0.29) is 11.2 Å². The lowest BCUT2D eigenvalue weighted by Crippen LogP contribution is -2.39. The first-order chi connectivity index (χ1) is 11.5. The Bertz CT molecular complexity index is 767. The van der Waals surface area contributed by atoms with Gasteiger partial charge in [0.1, 0.15) is 5.82 Å². The highest BCUT2D eigenvalue weighted by atomic mass is 19.1. The molecule has 3 rings (SSSR count). The zero-order valence-corrected chi connectivity index (χ0v) is 13.4. The highest BCUT2D eigenvalue weighted by molar-refractivity contribution is 6.39. The van der Waals surface area contributed by atoms with Gasteiger partial charge < -0.3 is 10.6 Å². The Kier molecular flexibility index (Phi) is 4.34. The third-order valence-corrected chi connectivity index (χ3v) is 4.38. The number of carbonyl (C=O) groups excluding carboxylic acids is 2. The molecule has 2 amide bonds. The summed E-state index contributed by atoms with van der Waals surface area (Å²) < 4.78 is 13.0. The molecule has 0 aliphatic heterocycles. The zero-order chi connectivity index (χ0) is 17.2. The molecule has 1 saturated carbocycles. The van der Waals surface area contributed by atoms with Crippen molar-refractivity contribution >= 4 is 17.5 Å². The van der Waals surface area contributed by atoms with Gasteiger partial charge in [0, 0.05) is 17.6 Å². The van der Waals surface area contributed by atoms with Crippen LogP contribution in [0, 0.1) is 12.7 Å². The molecule has 1 aliphatic carbocycles. The molecular weight excluding hydrogens is 307 g/mol. The molecule has 24 heavy (non-hydrogen) atoms. The van der Waals surface area contributed by atoms with Gasteiger partial charge in [0.25, 0.3) is 0 Å². The highest BCUT2D eigenvalue weighted by Crippen LogP contribution is 2.47. The van der Waals surface area contributed by atoms with Gasteiger partial charge in [0.15, 0.2) is 0 Å². The van der Waals surface area contributed by atoms with Crippen molar-refractivity contribution < 1.29 is 14.0 Å². The molecule has 2 aromatic carbocycles. The molecule has 0 bridgehead atoms. The van der Waals surface area contributed by atoms with Gasteiger partial charge in [0.2, 0.25) is 0 Å². The van der Waals surface area contributed by atoms with Crippen LogP contribution in [0.3, 0.4) is 0 Å². The minimum Gasteiger partial charge on any atom is -0.347 e. The third-order valence-electron chi connectivity index (χ3n) is 4.38. The maximum Gasteiger partial charge on any atom is 0.313 e. The predicted molar refractivity (Wildman–Crippen MR) is 90.1 cm³/mol. The molecule has 0 spiro atoms. The summed E-state index contributed by atoms with van der Waals surface area (Å²) in [6.07, 6.45) is 1.83. The Morgan fingerprint density at radius 3 is 2.42 bits per heavy atom. The normalized spacial score (nSPS) is 14.8. The Labute approximate surface area is 140 Å². The maximum atomic E-state index is 13.0. The quantitative estimate of drug-likeness (QED) is 0.849. The second-order valence-electron chi connectivity index (χ2n) is 6.29. The minimum atomic E-state index is -0.685. The summed E-state index contributed by atoms with van der Waals surface area (Å²) in [5, 5.41) is 5.27. The SMILES string of the molecule is Cc1cccc(NC(=O)C(=O)NCC2(c3ccc(F)cc3)CC2)c1. The Morgan fingerprint density at radius 2 is 1.79 bits per heavy atom. The van der Waals surface area contributed by atoms with Crippen molar-refractivity contribution in [2.75, 3.05) is 11.9 Å². The van der Waals surface area contributed by atoms with Gasteiger partial charge >= 0.3 is 11.8 Å². The van der Waals surface area contributed by atoms with Crippen LogP contribution in [0.1, 0.15) is 24.0 Å². The van der Waals surface area contributed by atoms with E-state index < -0.39 is 11.8 Å². The van der Waals surface area contributed by atoms with E-state index in [0.717, 1.165) is 24.0 Å². The van der Waals surface area contributed by atoms with Gasteiger partial charge in [-0.3, -0.25) is 9.59 Å². The third kappa shape index (κ3) is 3.62. The Morgan fingerprint density at radius 1 is 1.08 bits per heavy atom. The fourth-order valence-corrected chi connectivity index (χ4v) is 2.76. The van der Waals surface area contributed by atoms with Crippen molar-refractivity contribution in [3.05, 3.63) is 65.5 Å². The van der Waals surface area contributed by atoms with E-state index in [2.05, 4.69) is 10.6 Å². The molecule has 0 radical (unpaired) electrons. The Hall–Kier alpha value is -2.69. The first kappa shape index (κ1) is 16.2. The Balaban J connectivity index is 1.57. The van der Waals surface area contributed by atoms with E-state index in [0.29, 0.717) is 12.2 Å². The summed E-state index contributed by atoms with van der Waals surface area (Å²) in [5.74, 6) is -1.63. The van der Waals surface area contributed by atoms with E-state index in [1.165, 1.54) is 12.1 Å². The topological polar surface area (TPSA) is 58.2 Å². The van der Waals surface area contributed by atoms with Gasteiger partial charge in [-0.05, 0) is 55.2 Å². The van der Waals surface area contributed by atoms with Gasteiger partial charge in [0.05, 0.1) is 0 Å². The molecule has 0 saturated heterocycles. The predicted octanol–water partition coefficient (Wildman–Crippen LogP) is 2.92. The number of nitrogens with one attached hydrogen (secondary N) is 2. The maximum absolute atomic E-state index is 13.0. The zero-order valence-electron chi connectivity index (χ0n) is 13.4. The van der Waals surface area contributed by atoms with Crippen molar-refractivity contribution in [1.29, 1.82) is 0 Å². The van der Waals surface area contributed by atoms with Crippen molar-refractivity contribution in [1.82, 2.24) is 5.32 Å². The number of anilines is 1. The van der Waals surface area contributed by atoms with Gasteiger partial charge in [-0.1, -0.05) is 24.3 Å². The summed E-state index contributed by atoms with van der Waals surface area (Å²) in [7, 11) is 0. The first-order valence-electron chi connectivity index (χ1n) is 7.90. The van der Waals surface area contributed by atoms with E-state index in [9.17, 15) is 14.0 Å². The monoisotopic (exact) mass is 326 g/mol. The summed E-state index contributed by atoms with van der Waals surface area (Å²) in [4.78, 5) is 24.0. The molecule has 5 heteroatoms. The number of hydrogen-bond donors (Lipinski definition) is 2. The number of hydrogen-bond acceptors (Lipinski definition) is 2. The second-order valence-corrected chi connectivity index (χ2v) is 6.29. The number of amides is 2. The van der Waals surface area contributed by atoms with E-state index >= 15 is 0 Å². The molecule has 0 atom stereocenters. The number of aryl methyl sites for hydroxylation is 1. The molecule has 1 fully saturated rings. The van der Waals surface area contributed by atoms with Crippen LogP contribution in [0.4, 0.5) is 10.1 Å². The summed E-state index contributed by atoms with van der Waals surface area (Å²) in [6, 6.07) is 13.6. The van der Waals surface area contributed by atoms with Crippen LogP contribution in [0.15, 0.2) is 48.5 Å². The highest BCUT2D eigenvalue weighted by Gasteiger charge is 2.44. The van der Waals surface area contributed by atoms with E-state index in [1.54, 1.807) is 24.3 Å². The fourth-order valence-electron chi connectivity index (χ4n) is 2.76. The lowest BCUT2D eigenvalue weighted by Gasteiger charge is -2.16. The largest absolute Gasteiger partial charge is 0.347 e. The van der Waals surface area contributed by atoms with Crippen LogP contribution in [0.2, 0.25) is 0 Å². The van der Waals surface area contributed by atoms with Crippen molar-refractivity contribution in [3.8, 4) is 0 Å². The molecular formula is C19H19FN2O2. The first-order valence-corrected chi connectivity index (χ1v) is 7.90. The summed E-state index contributed by atoms with van der Waals surface area (Å²) in [6.45, 7) is 2.29. The van der Waals surface area contributed by atoms with Crippen LogP contribution >= 0.6 is 0 Å². The smallest absolute Gasteiger partial charge is 0.313 e. The number of carbonyl (C=O) groups is 2. The lowest BCUT2D eigenvalue weighted by atomic mass is 9.96. The van der Waals surface area contributed by atoms with Gasteiger partial charge in [-0.25, -0.2) is 4.39 Å². The van der Waals surface area contributed by atoms with Crippen molar-refractivity contribution in [2.45, 2.75) is 25.2 Å². The van der Waals surface area contributed by atoms with Crippen LogP contribution in [-0.4, -0.2) is 18.4 Å². The second kappa shape index (κ2) is 6.43. The molecule has 4 nitrogen and oxygen atoms in total. The van der Waals surface area contributed by atoms with Crippen LogP contribution in [-0.2, 0) is 15.0 Å². The number of halogens is 1. The van der Waals surface area contributed by atoms with Crippen molar-refractivity contribution in [3.63, 3.8) is 0 Å². The average molecular weight is 326 g/mol. The number of rotatable bonds is 4.